The van der Waals surface area contributed by atoms with Crippen molar-refractivity contribution in [2.75, 3.05) is 18.1 Å². The smallest absolute Gasteiger partial charge is 0.0464 e. The lowest BCUT2D eigenvalue weighted by Gasteiger charge is -2.06. The maximum Gasteiger partial charge on any atom is 0.0464 e. The Morgan fingerprint density at radius 3 is 2.20 bits per heavy atom. The number of hydrogen-bond acceptors (Lipinski definition) is 2. The molecule has 2 heteroatoms. The van der Waals surface area contributed by atoms with Crippen molar-refractivity contribution in [2.45, 2.75) is 58.8 Å². The van der Waals surface area contributed by atoms with Crippen LogP contribution in [0, 0.1) is 5.92 Å². The first-order valence-corrected chi connectivity index (χ1v) is 7.65. The van der Waals surface area contributed by atoms with E-state index in [1.54, 1.807) is 0 Å². The fraction of sp³-hybridized carbons (Fsp3) is 1.00. The molecule has 0 radical (unpaired) electrons. The number of aliphatic hydroxyl groups excluding tert-OH is 1. The molecule has 0 aliphatic carbocycles. The summed E-state index contributed by atoms with van der Waals surface area (Å²) in [7, 11) is 0. The summed E-state index contributed by atoms with van der Waals surface area (Å²) in [6.45, 7) is 4.71. The van der Waals surface area contributed by atoms with Gasteiger partial charge in [0, 0.05) is 6.61 Å². The Bertz CT molecular complexity index is 117. The van der Waals surface area contributed by atoms with Gasteiger partial charge in [-0.25, -0.2) is 0 Å². The van der Waals surface area contributed by atoms with E-state index >= 15 is 0 Å². The van der Waals surface area contributed by atoms with Gasteiger partial charge in [-0.2, -0.15) is 11.8 Å². The number of hydrogen-bond donors (Lipinski definition) is 1. The molecule has 0 aromatic rings. The molecule has 0 aromatic heterocycles. The fourth-order valence-electron chi connectivity index (χ4n) is 1.50. The second-order valence-electron chi connectivity index (χ2n) is 4.48. The van der Waals surface area contributed by atoms with E-state index in [9.17, 15) is 0 Å². The van der Waals surface area contributed by atoms with Gasteiger partial charge in [0.25, 0.3) is 0 Å². The minimum Gasteiger partial charge on any atom is -0.396 e. The second kappa shape index (κ2) is 12.4. The third kappa shape index (κ3) is 12.2. The van der Waals surface area contributed by atoms with Crippen LogP contribution in [0.15, 0.2) is 0 Å². The lowest BCUT2D eigenvalue weighted by Crippen LogP contribution is -2.03. The van der Waals surface area contributed by atoms with E-state index in [1.165, 1.54) is 50.7 Å². The number of rotatable bonds is 11. The van der Waals surface area contributed by atoms with Crippen LogP contribution >= 0.6 is 11.8 Å². The Morgan fingerprint density at radius 2 is 1.60 bits per heavy atom. The van der Waals surface area contributed by atoms with Crippen molar-refractivity contribution >= 4 is 11.8 Å². The third-order valence-electron chi connectivity index (χ3n) is 2.61. The Morgan fingerprint density at radius 1 is 1.00 bits per heavy atom. The molecule has 0 bridgehead atoms. The van der Waals surface area contributed by atoms with Crippen molar-refractivity contribution in [1.82, 2.24) is 0 Å². The molecule has 0 aliphatic heterocycles. The molecule has 0 rings (SSSR count). The Hall–Kier alpha value is 0.310. The van der Waals surface area contributed by atoms with Crippen molar-refractivity contribution in [2.24, 2.45) is 5.92 Å². The third-order valence-corrected chi connectivity index (χ3v) is 3.99. The van der Waals surface area contributed by atoms with E-state index < -0.39 is 0 Å². The Balaban J connectivity index is 2.92. The van der Waals surface area contributed by atoms with Crippen LogP contribution in [0.5, 0.6) is 0 Å². The number of unbranched alkanes of at least 4 members (excludes halogenated alkanes) is 6. The Labute approximate surface area is 100 Å². The molecule has 0 heterocycles. The van der Waals surface area contributed by atoms with E-state index in [0.29, 0.717) is 12.5 Å². The predicted molar refractivity (Wildman–Crippen MR) is 71.6 cm³/mol. The van der Waals surface area contributed by atoms with Gasteiger partial charge in [-0.15, -0.1) is 0 Å². The first kappa shape index (κ1) is 15.3. The minimum atomic E-state index is 0.337. The van der Waals surface area contributed by atoms with Crippen LogP contribution in [-0.4, -0.2) is 23.2 Å². The first-order chi connectivity index (χ1) is 7.31. The van der Waals surface area contributed by atoms with Gasteiger partial charge in [-0.05, 0) is 23.8 Å². The molecule has 1 N–H and O–H groups in total. The maximum absolute atomic E-state index is 8.84. The molecule has 0 aliphatic rings. The van der Waals surface area contributed by atoms with E-state index in [1.807, 2.05) is 11.8 Å². The SMILES string of the molecule is CCCCCCCCCSCC(C)CO. The molecule has 0 saturated heterocycles. The van der Waals surface area contributed by atoms with E-state index in [-0.39, 0.29) is 0 Å². The largest absolute Gasteiger partial charge is 0.396 e. The molecule has 1 nitrogen and oxygen atoms in total. The zero-order chi connectivity index (χ0) is 11.4. The molecule has 0 spiro atoms. The monoisotopic (exact) mass is 232 g/mol. The van der Waals surface area contributed by atoms with Crippen LogP contribution in [0.1, 0.15) is 58.8 Å². The summed E-state index contributed by atoms with van der Waals surface area (Å²) in [6.07, 6.45) is 9.75. The summed E-state index contributed by atoms with van der Waals surface area (Å²) in [4.78, 5) is 0. The van der Waals surface area contributed by atoms with Crippen molar-refractivity contribution in [3.05, 3.63) is 0 Å². The van der Waals surface area contributed by atoms with Crippen LogP contribution in [-0.2, 0) is 0 Å². The first-order valence-electron chi connectivity index (χ1n) is 6.49. The van der Waals surface area contributed by atoms with Gasteiger partial charge >= 0.3 is 0 Å². The average Bonchev–Trinajstić information content (AvgIpc) is 2.26. The van der Waals surface area contributed by atoms with Gasteiger partial charge < -0.3 is 5.11 Å². The summed E-state index contributed by atoms with van der Waals surface area (Å²) < 4.78 is 0. The quantitative estimate of drug-likeness (QED) is 0.541. The van der Waals surface area contributed by atoms with Crippen LogP contribution in [0.2, 0.25) is 0 Å². The standard InChI is InChI=1S/C13H28OS/c1-3-4-5-6-7-8-9-10-15-12-13(2)11-14/h13-14H,3-12H2,1-2H3. The van der Waals surface area contributed by atoms with Gasteiger partial charge in [0.15, 0.2) is 0 Å². The van der Waals surface area contributed by atoms with Crippen LogP contribution in [0.4, 0.5) is 0 Å². The number of thioether (sulfide) groups is 1. The summed E-state index contributed by atoms with van der Waals surface area (Å²) in [5.41, 5.74) is 0. The topological polar surface area (TPSA) is 20.2 Å². The second-order valence-corrected chi connectivity index (χ2v) is 5.63. The fourth-order valence-corrected chi connectivity index (χ4v) is 2.58. The van der Waals surface area contributed by atoms with Gasteiger partial charge in [0.2, 0.25) is 0 Å². The number of aliphatic hydroxyl groups is 1. The molecule has 0 saturated carbocycles. The summed E-state index contributed by atoms with van der Waals surface area (Å²) in [6, 6.07) is 0. The normalized spacial score (nSPS) is 13.0. The van der Waals surface area contributed by atoms with E-state index in [4.69, 9.17) is 5.11 Å². The maximum atomic E-state index is 8.84. The molecule has 15 heavy (non-hydrogen) atoms. The highest BCUT2D eigenvalue weighted by Gasteiger charge is 1.99. The zero-order valence-corrected chi connectivity index (χ0v) is 11.3. The lowest BCUT2D eigenvalue weighted by atomic mass is 10.1. The van der Waals surface area contributed by atoms with E-state index in [0.717, 1.165) is 5.75 Å². The molecule has 1 atom stereocenters. The molecule has 0 fully saturated rings. The van der Waals surface area contributed by atoms with Crippen molar-refractivity contribution < 1.29 is 5.11 Å². The average molecular weight is 232 g/mol. The predicted octanol–water partition coefficient (Wildman–Crippen LogP) is 4.10. The van der Waals surface area contributed by atoms with Crippen LogP contribution < -0.4 is 0 Å². The molecule has 1 unspecified atom stereocenters. The van der Waals surface area contributed by atoms with Gasteiger partial charge in [-0.3, -0.25) is 0 Å². The Kier molecular flexibility index (Phi) is 12.6. The lowest BCUT2D eigenvalue weighted by molar-refractivity contribution is 0.250. The summed E-state index contributed by atoms with van der Waals surface area (Å²) >= 11 is 1.99. The highest BCUT2D eigenvalue weighted by Crippen LogP contribution is 2.12. The minimum absolute atomic E-state index is 0.337. The zero-order valence-electron chi connectivity index (χ0n) is 10.5. The van der Waals surface area contributed by atoms with Crippen molar-refractivity contribution in [1.29, 1.82) is 0 Å². The summed E-state index contributed by atoms with van der Waals surface area (Å²) in [5, 5.41) is 8.84. The van der Waals surface area contributed by atoms with Crippen LogP contribution in [0.25, 0.3) is 0 Å². The molecular weight excluding hydrogens is 204 g/mol. The van der Waals surface area contributed by atoms with Crippen molar-refractivity contribution in [3.8, 4) is 0 Å². The molecule has 0 aromatic carbocycles. The molecule has 92 valence electrons. The van der Waals surface area contributed by atoms with Crippen LogP contribution in [0.3, 0.4) is 0 Å². The highest BCUT2D eigenvalue weighted by atomic mass is 32.2. The van der Waals surface area contributed by atoms with Gasteiger partial charge in [0.05, 0.1) is 0 Å². The highest BCUT2D eigenvalue weighted by molar-refractivity contribution is 7.99. The van der Waals surface area contributed by atoms with Crippen molar-refractivity contribution in [3.63, 3.8) is 0 Å². The van der Waals surface area contributed by atoms with Gasteiger partial charge in [0.1, 0.15) is 0 Å². The summed E-state index contributed by atoms with van der Waals surface area (Å²) in [5.74, 6) is 2.87. The van der Waals surface area contributed by atoms with Gasteiger partial charge in [-0.1, -0.05) is 52.4 Å². The molecule has 0 amide bonds. The molecular formula is C13H28OS. The van der Waals surface area contributed by atoms with E-state index in [2.05, 4.69) is 13.8 Å².